The lowest BCUT2D eigenvalue weighted by Crippen LogP contribution is -2.45. The summed E-state index contributed by atoms with van der Waals surface area (Å²) in [4.78, 5) is 6.73. The molecule has 0 radical (unpaired) electrons. The van der Waals surface area contributed by atoms with Gasteiger partial charge in [-0.3, -0.25) is 9.89 Å². The number of hydrogen-bond acceptors (Lipinski definition) is 3. The molecule has 120 valence electrons. The molecular formula is C15H34N4O. The van der Waals surface area contributed by atoms with Gasteiger partial charge in [0, 0.05) is 45.4 Å². The van der Waals surface area contributed by atoms with Gasteiger partial charge in [0.1, 0.15) is 0 Å². The molecule has 5 nitrogen and oxygen atoms in total. The highest BCUT2D eigenvalue weighted by Gasteiger charge is 2.12. The summed E-state index contributed by atoms with van der Waals surface area (Å²) in [5.74, 6) is 0.843. The zero-order chi connectivity index (χ0) is 15.5. The first-order chi connectivity index (χ1) is 9.42. The molecule has 0 aromatic heterocycles. The van der Waals surface area contributed by atoms with E-state index in [0.717, 1.165) is 25.5 Å². The van der Waals surface area contributed by atoms with E-state index in [2.05, 4.69) is 55.1 Å². The van der Waals surface area contributed by atoms with Crippen LogP contribution in [0.3, 0.4) is 0 Å². The van der Waals surface area contributed by atoms with Crippen molar-refractivity contribution in [1.82, 2.24) is 15.5 Å². The zero-order valence-electron chi connectivity index (χ0n) is 14.4. The third kappa shape index (κ3) is 8.38. The molecule has 0 aromatic rings. The Morgan fingerprint density at radius 2 is 1.75 bits per heavy atom. The topological polar surface area (TPSA) is 48.9 Å². The van der Waals surface area contributed by atoms with Crippen LogP contribution in [0.5, 0.6) is 0 Å². The first-order valence-corrected chi connectivity index (χ1v) is 7.64. The molecule has 0 rings (SSSR count). The normalized spacial score (nSPS) is 14.2. The van der Waals surface area contributed by atoms with Crippen molar-refractivity contribution in [2.24, 2.45) is 4.99 Å². The van der Waals surface area contributed by atoms with Crippen LogP contribution in [0.15, 0.2) is 4.99 Å². The van der Waals surface area contributed by atoms with E-state index >= 15 is 0 Å². The average Bonchev–Trinajstić information content (AvgIpc) is 2.36. The molecule has 0 saturated heterocycles. The van der Waals surface area contributed by atoms with Gasteiger partial charge in [0.15, 0.2) is 5.96 Å². The van der Waals surface area contributed by atoms with E-state index in [9.17, 15) is 0 Å². The molecule has 0 aliphatic carbocycles. The van der Waals surface area contributed by atoms with Gasteiger partial charge in [-0.05, 0) is 41.0 Å². The maximum Gasteiger partial charge on any atom is 0.191 e. The van der Waals surface area contributed by atoms with Crippen molar-refractivity contribution >= 4 is 5.96 Å². The number of aliphatic imine (C=N–C) groups is 1. The van der Waals surface area contributed by atoms with E-state index in [1.807, 2.05) is 0 Å². The number of guanidine groups is 1. The van der Waals surface area contributed by atoms with E-state index in [1.165, 1.54) is 0 Å². The van der Waals surface area contributed by atoms with Gasteiger partial charge in [0.2, 0.25) is 0 Å². The van der Waals surface area contributed by atoms with Gasteiger partial charge >= 0.3 is 0 Å². The number of rotatable bonds is 9. The Hall–Kier alpha value is -0.810. The highest BCUT2D eigenvalue weighted by atomic mass is 16.5. The first-order valence-electron chi connectivity index (χ1n) is 7.64. The molecule has 0 heterocycles. The lowest BCUT2D eigenvalue weighted by Gasteiger charge is -2.30. The van der Waals surface area contributed by atoms with E-state index in [1.54, 1.807) is 14.2 Å². The lowest BCUT2D eigenvalue weighted by atomic mass is 10.2. The van der Waals surface area contributed by atoms with Gasteiger partial charge in [-0.2, -0.15) is 0 Å². The van der Waals surface area contributed by atoms with E-state index in [-0.39, 0.29) is 6.04 Å². The molecule has 5 heteroatoms. The maximum atomic E-state index is 5.11. The molecular weight excluding hydrogens is 252 g/mol. The van der Waals surface area contributed by atoms with E-state index in [4.69, 9.17) is 4.74 Å². The van der Waals surface area contributed by atoms with Crippen LogP contribution in [0.2, 0.25) is 0 Å². The minimum absolute atomic E-state index is 0.258. The van der Waals surface area contributed by atoms with Gasteiger partial charge in [-0.15, -0.1) is 0 Å². The Bertz CT molecular complexity index is 259. The number of methoxy groups -OCH3 is 1. The van der Waals surface area contributed by atoms with Crippen LogP contribution < -0.4 is 10.6 Å². The van der Waals surface area contributed by atoms with E-state index < -0.39 is 0 Å². The summed E-state index contributed by atoms with van der Waals surface area (Å²) < 4.78 is 5.11. The average molecular weight is 286 g/mol. The van der Waals surface area contributed by atoms with Crippen LogP contribution in [-0.4, -0.2) is 62.8 Å². The number of ether oxygens (including phenoxy) is 1. The molecule has 0 spiro atoms. The van der Waals surface area contributed by atoms with Crippen molar-refractivity contribution in [3.8, 4) is 0 Å². The molecule has 20 heavy (non-hydrogen) atoms. The van der Waals surface area contributed by atoms with Crippen LogP contribution in [0.25, 0.3) is 0 Å². The standard InChI is InChI=1S/C15H34N4O/c1-12(2)19(13(3)4)10-8-9-17-15(16-6)18-14(5)11-20-7/h12-14H,8-11H2,1-7H3,(H2,16,17,18). The summed E-state index contributed by atoms with van der Waals surface area (Å²) in [6, 6.07) is 1.44. The number of nitrogens with zero attached hydrogens (tertiary/aromatic N) is 2. The van der Waals surface area contributed by atoms with Crippen molar-refractivity contribution in [1.29, 1.82) is 0 Å². The molecule has 0 aliphatic rings. The molecule has 0 saturated carbocycles. The Balaban J connectivity index is 3.97. The van der Waals surface area contributed by atoms with Crippen LogP contribution >= 0.6 is 0 Å². The number of hydrogen-bond donors (Lipinski definition) is 2. The summed E-state index contributed by atoms with van der Waals surface area (Å²) in [6.07, 6.45) is 1.11. The Kier molecular flexibility index (Phi) is 10.5. The minimum Gasteiger partial charge on any atom is -0.383 e. The summed E-state index contributed by atoms with van der Waals surface area (Å²) in [5, 5.41) is 6.65. The summed E-state index contributed by atoms with van der Waals surface area (Å²) in [5.41, 5.74) is 0. The predicted octanol–water partition coefficient (Wildman–Crippen LogP) is 1.70. The minimum atomic E-state index is 0.258. The van der Waals surface area contributed by atoms with Crippen molar-refractivity contribution in [3.05, 3.63) is 0 Å². The quantitative estimate of drug-likeness (QED) is 0.385. The van der Waals surface area contributed by atoms with Crippen molar-refractivity contribution in [2.45, 2.75) is 59.2 Å². The monoisotopic (exact) mass is 286 g/mol. The maximum absolute atomic E-state index is 5.11. The molecule has 0 aliphatic heterocycles. The highest BCUT2D eigenvalue weighted by Crippen LogP contribution is 2.05. The van der Waals surface area contributed by atoms with Gasteiger partial charge < -0.3 is 15.4 Å². The highest BCUT2D eigenvalue weighted by molar-refractivity contribution is 5.79. The fraction of sp³-hybridized carbons (Fsp3) is 0.933. The third-order valence-electron chi connectivity index (χ3n) is 3.24. The molecule has 0 bridgehead atoms. The second kappa shape index (κ2) is 10.9. The SMILES string of the molecule is CN=C(NCCCN(C(C)C)C(C)C)NC(C)COC. The Morgan fingerprint density at radius 1 is 1.15 bits per heavy atom. The smallest absolute Gasteiger partial charge is 0.191 e. The molecule has 1 atom stereocenters. The van der Waals surface area contributed by atoms with Gasteiger partial charge in [0.25, 0.3) is 0 Å². The van der Waals surface area contributed by atoms with Crippen molar-refractivity contribution in [2.75, 3.05) is 33.9 Å². The predicted molar refractivity (Wildman–Crippen MR) is 87.4 cm³/mol. The molecule has 1 unspecified atom stereocenters. The summed E-state index contributed by atoms with van der Waals surface area (Å²) >= 11 is 0. The molecule has 0 fully saturated rings. The number of nitrogens with one attached hydrogen (secondary N) is 2. The molecule has 0 amide bonds. The van der Waals surface area contributed by atoms with Gasteiger partial charge in [0.05, 0.1) is 6.61 Å². The zero-order valence-corrected chi connectivity index (χ0v) is 14.4. The third-order valence-corrected chi connectivity index (χ3v) is 3.24. The Labute approximate surface area is 125 Å². The molecule has 0 aromatic carbocycles. The fourth-order valence-electron chi connectivity index (χ4n) is 2.30. The second-order valence-corrected chi connectivity index (χ2v) is 5.78. The van der Waals surface area contributed by atoms with E-state index in [0.29, 0.717) is 18.7 Å². The van der Waals surface area contributed by atoms with Crippen LogP contribution in [0.1, 0.15) is 41.0 Å². The summed E-state index contributed by atoms with van der Waals surface area (Å²) in [7, 11) is 3.50. The first kappa shape index (κ1) is 19.2. The summed E-state index contributed by atoms with van der Waals surface area (Å²) in [6.45, 7) is 13.8. The van der Waals surface area contributed by atoms with Gasteiger partial charge in [-0.1, -0.05) is 0 Å². The molecule has 2 N–H and O–H groups in total. The van der Waals surface area contributed by atoms with Crippen LogP contribution in [0.4, 0.5) is 0 Å². The largest absolute Gasteiger partial charge is 0.383 e. The van der Waals surface area contributed by atoms with Gasteiger partial charge in [-0.25, -0.2) is 0 Å². The fourth-order valence-corrected chi connectivity index (χ4v) is 2.30. The van der Waals surface area contributed by atoms with Crippen molar-refractivity contribution < 1.29 is 4.74 Å². The van der Waals surface area contributed by atoms with Crippen LogP contribution in [-0.2, 0) is 4.74 Å². The van der Waals surface area contributed by atoms with Crippen LogP contribution in [0, 0.1) is 0 Å². The lowest BCUT2D eigenvalue weighted by molar-refractivity contribution is 0.173. The Morgan fingerprint density at radius 3 is 2.20 bits per heavy atom. The van der Waals surface area contributed by atoms with Crippen molar-refractivity contribution in [3.63, 3.8) is 0 Å². The second-order valence-electron chi connectivity index (χ2n) is 5.78.